The molecular formula is C14H17N3O4S3. The first-order chi connectivity index (χ1) is 11.4. The number of fused-ring (bicyclic) bond motifs is 1. The van der Waals surface area contributed by atoms with E-state index < -0.39 is 9.84 Å². The predicted octanol–water partition coefficient (Wildman–Crippen LogP) is 0.873. The van der Waals surface area contributed by atoms with Crippen LogP contribution in [0.4, 0.5) is 0 Å². The molecule has 0 spiro atoms. The lowest BCUT2D eigenvalue weighted by Gasteiger charge is -2.12. The van der Waals surface area contributed by atoms with Gasteiger partial charge in [0.15, 0.2) is 15.0 Å². The Morgan fingerprint density at radius 1 is 1.54 bits per heavy atom. The summed E-state index contributed by atoms with van der Waals surface area (Å²) in [6.07, 6.45) is 0.456. The van der Waals surface area contributed by atoms with Gasteiger partial charge in [-0.2, -0.15) is 0 Å². The molecule has 1 unspecified atom stereocenters. The molecule has 0 aromatic carbocycles. The van der Waals surface area contributed by atoms with Crippen LogP contribution in [0.5, 0.6) is 0 Å². The van der Waals surface area contributed by atoms with E-state index in [-0.39, 0.29) is 34.8 Å². The third kappa shape index (κ3) is 3.65. The maximum absolute atomic E-state index is 12.4. The third-order valence-corrected chi connectivity index (χ3v) is 7.41. The molecule has 1 saturated heterocycles. The number of amides is 1. The number of nitrogens with zero attached hydrogens (tertiary/aromatic N) is 2. The fraction of sp³-hybridized carbons (Fsp3) is 0.500. The summed E-state index contributed by atoms with van der Waals surface area (Å²) in [5, 5.41) is 5.06. The van der Waals surface area contributed by atoms with Crippen LogP contribution in [0.1, 0.15) is 13.3 Å². The molecule has 1 aliphatic rings. The molecule has 10 heteroatoms. The van der Waals surface area contributed by atoms with Crippen molar-refractivity contribution in [2.75, 3.05) is 17.3 Å². The van der Waals surface area contributed by atoms with Crippen LogP contribution in [0.15, 0.2) is 21.4 Å². The van der Waals surface area contributed by atoms with Crippen molar-refractivity contribution < 1.29 is 13.2 Å². The molecule has 24 heavy (non-hydrogen) atoms. The summed E-state index contributed by atoms with van der Waals surface area (Å²) in [6, 6.07) is 1.47. The highest BCUT2D eigenvalue weighted by Gasteiger charge is 2.28. The Balaban J connectivity index is 1.69. The van der Waals surface area contributed by atoms with Crippen LogP contribution in [0.2, 0.25) is 0 Å². The van der Waals surface area contributed by atoms with E-state index in [9.17, 15) is 18.0 Å². The maximum Gasteiger partial charge on any atom is 0.272 e. The van der Waals surface area contributed by atoms with Crippen molar-refractivity contribution in [3.63, 3.8) is 0 Å². The summed E-state index contributed by atoms with van der Waals surface area (Å²) in [7, 11) is -3.02. The van der Waals surface area contributed by atoms with Crippen molar-refractivity contribution in [1.82, 2.24) is 14.9 Å². The van der Waals surface area contributed by atoms with Gasteiger partial charge >= 0.3 is 0 Å². The molecule has 0 aliphatic carbocycles. The van der Waals surface area contributed by atoms with E-state index >= 15 is 0 Å². The monoisotopic (exact) mass is 387 g/mol. The minimum atomic E-state index is -3.02. The van der Waals surface area contributed by atoms with Crippen LogP contribution in [0.3, 0.4) is 0 Å². The van der Waals surface area contributed by atoms with E-state index in [1.165, 1.54) is 23.1 Å². The number of carbonyl (C=O) groups is 1. The summed E-state index contributed by atoms with van der Waals surface area (Å²) in [5.74, 6) is -0.0260. The van der Waals surface area contributed by atoms with Crippen molar-refractivity contribution >= 4 is 49.1 Å². The zero-order valence-corrected chi connectivity index (χ0v) is 15.5. The summed E-state index contributed by atoms with van der Waals surface area (Å²) in [4.78, 5) is 28.9. The molecule has 2 aromatic rings. The number of rotatable bonds is 5. The molecular weight excluding hydrogens is 370 g/mol. The van der Waals surface area contributed by atoms with Gasteiger partial charge in [-0.3, -0.25) is 14.2 Å². The Bertz CT molecular complexity index is 932. The molecule has 1 fully saturated rings. The van der Waals surface area contributed by atoms with Crippen molar-refractivity contribution in [3.05, 3.63) is 21.8 Å². The highest BCUT2D eigenvalue weighted by atomic mass is 32.2. The second-order valence-corrected chi connectivity index (χ2v) is 9.62. The van der Waals surface area contributed by atoms with Gasteiger partial charge in [0.05, 0.1) is 22.8 Å². The largest absolute Gasteiger partial charge is 0.352 e. The van der Waals surface area contributed by atoms with E-state index in [0.29, 0.717) is 28.3 Å². The molecule has 3 rings (SSSR count). The number of thioether (sulfide) groups is 1. The van der Waals surface area contributed by atoms with Gasteiger partial charge in [-0.15, -0.1) is 11.3 Å². The Morgan fingerprint density at radius 3 is 3.00 bits per heavy atom. The van der Waals surface area contributed by atoms with Crippen LogP contribution >= 0.6 is 23.1 Å². The number of nitrogens with one attached hydrogen (secondary N) is 1. The van der Waals surface area contributed by atoms with Crippen LogP contribution in [0.25, 0.3) is 10.2 Å². The molecule has 2 aromatic heterocycles. The predicted molar refractivity (Wildman–Crippen MR) is 95.5 cm³/mol. The molecule has 130 valence electrons. The lowest BCUT2D eigenvalue weighted by molar-refractivity contribution is -0.119. The van der Waals surface area contributed by atoms with Gasteiger partial charge in [-0.05, 0) is 24.8 Å². The minimum Gasteiger partial charge on any atom is -0.352 e. The molecule has 1 amide bonds. The SMILES string of the molecule is CCn1c(SCC(=O)NC2CCS(=O)(=O)C2)nc2ccsc2c1=O. The minimum absolute atomic E-state index is 0.00217. The Hall–Kier alpha value is -1.39. The second-order valence-electron chi connectivity index (χ2n) is 5.53. The Morgan fingerprint density at radius 2 is 2.33 bits per heavy atom. The summed E-state index contributed by atoms with van der Waals surface area (Å²) < 4.78 is 25.0. The Labute approximate surface area is 147 Å². The molecule has 1 atom stereocenters. The average molecular weight is 388 g/mol. The second kappa shape index (κ2) is 6.85. The lowest BCUT2D eigenvalue weighted by atomic mass is 10.3. The first-order valence-corrected chi connectivity index (χ1v) is 11.2. The van der Waals surface area contributed by atoms with E-state index in [0.717, 1.165) is 0 Å². The number of sulfone groups is 1. The molecule has 0 bridgehead atoms. The van der Waals surface area contributed by atoms with Crippen molar-refractivity contribution in [2.24, 2.45) is 0 Å². The highest BCUT2D eigenvalue weighted by molar-refractivity contribution is 7.99. The first-order valence-electron chi connectivity index (χ1n) is 7.50. The van der Waals surface area contributed by atoms with Gasteiger partial charge in [-0.25, -0.2) is 13.4 Å². The van der Waals surface area contributed by atoms with E-state index in [4.69, 9.17) is 0 Å². The van der Waals surface area contributed by atoms with E-state index in [1.54, 1.807) is 10.6 Å². The quantitative estimate of drug-likeness (QED) is 0.604. The van der Waals surface area contributed by atoms with Crippen molar-refractivity contribution in [3.8, 4) is 0 Å². The third-order valence-electron chi connectivity index (χ3n) is 3.78. The first kappa shape index (κ1) is 17.4. The standard InChI is InChI=1S/C14H17N3O4S3/c1-2-17-13(19)12-10(3-5-22-12)16-14(17)23-7-11(18)15-9-4-6-24(20,21)8-9/h3,5,9H,2,4,6-8H2,1H3,(H,15,18). The fourth-order valence-electron chi connectivity index (χ4n) is 2.62. The van der Waals surface area contributed by atoms with Gasteiger partial charge < -0.3 is 5.32 Å². The van der Waals surface area contributed by atoms with Gasteiger partial charge in [0.1, 0.15) is 4.70 Å². The van der Waals surface area contributed by atoms with Gasteiger partial charge in [-0.1, -0.05) is 11.8 Å². The smallest absolute Gasteiger partial charge is 0.272 e. The maximum atomic E-state index is 12.4. The molecule has 1 aliphatic heterocycles. The lowest BCUT2D eigenvalue weighted by Crippen LogP contribution is -2.36. The number of aromatic nitrogens is 2. The van der Waals surface area contributed by atoms with Crippen LogP contribution in [-0.2, 0) is 21.2 Å². The van der Waals surface area contributed by atoms with Crippen molar-refractivity contribution in [1.29, 1.82) is 0 Å². The van der Waals surface area contributed by atoms with Crippen LogP contribution in [0, 0.1) is 0 Å². The Kier molecular flexibility index (Phi) is 4.97. The van der Waals surface area contributed by atoms with Crippen LogP contribution in [-0.4, -0.2) is 47.2 Å². The topological polar surface area (TPSA) is 98.1 Å². The van der Waals surface area contributed by atoms with E-state index in [1.807, 2.05) is 12.3 Å². The normalized spacial score (nSPS) is 19.6. The van der Waals surface area contributed by atoms with Crippen molar-refractivity contribution in [2.45, 2.75) is 31.1 Å². The molecule has 0 saturated carbocycles. The number of thiophene rings is 1. The molecule has 3 heterocycles. The summed E-state index contributed by atoms with van der Waals surface area (Å²) in [6.45, 7) is 2.33. The van der Waals surface area contributed by atoms with Gasteiger partial charge in [0.2, 0.25) is 5.91 Å². The molecule has 1 N–H and O–H groups in total. The fourth-order valence-corrected chi connectivity index (χ4v) is 5.95. The molecule has 7 nitrogen and oxygen atoms in total. The number of carbonyl (C=O) groups excluding carboxylic acids is 1. The number of hydrogen-bond acceptors (Lipinski definition) is 7. The number of hydrogen-bond donors (Lipinski definition) is 1. The zero-order valence-electron chi connectivity index (χ0n) is 13.0. The summed E-state index contributed by atoms with van der Waals surface area (Å²) in [5.41, 5.74) is 0.543. The van der Waals surface area contributed by atoms with Gasteiger partial charge in [0, 0.05) is 12.6 Å². The van der Waals surface area contributed by atoms with Gasteiger partial charge in [0.25, 0.3) is 5.56 Å². The summed E-state index contributed by atoms with van der Waals surface area (Å²) >= 11 is 2.55. The zero-order chi connectivity index (χ0) is 17.3. The highest BCUT2D eigenvalue weighted by Crippen LogP contribution is 2.21. The van der Waals surface area contributed by atoms with Crippen LogP contribution < -0.4 is 10.9 Å². The average Bonchev–Trinajstić information content (AvgIpc) is 3.11. The van der Waals surface area contributed by atoms with E-state index in [2.05, 4.69) is 10.3 Å². The molecule has 0 radical (unpaired) electrons.